The third-order valence-corrected chi connectivity index (χ3v) is 4.89. The maximum atomic E-state index is 11.7. The van der Waals surface area contributed by atoms with Crippen LogP contribution in [0.4, 0.5) is 0 Å². The number of nitrogens with zero attached hydrogens (tertiary/aromatic N) is 1. The van der Waals surface area contributed by atoms with Crippen molar-refractivity contribution in [1.82, 2.24) is 4.57 Å². The van der Waals surface area contributed by atoms with Crippen molar-refractivity contribution in [2.45, 2.75) is 45.6 Å². The van der Waals surface area contributed by atoms with E-state index in [0.29, 0.717) is 5.69 Å². The Morgan fingerprint density at radius 3 is 2.64 bits per heavy atom. The molecule has 130 valence electrons. The fourth-order valence-electron chi connectivity index (χ4n) is 3.57. The van der Waals surface area contributed by atoms with Gasteiger partial charge in [0.15, 0.2) is 0 Å². The van der Waals surface area contributed by atoms with Crippen LogP contribution in [0.1, 0.15) is 60.8 Å². The molecule has 0 aliphatic carbocycles. The average molecular weight is 335 g/mol. The summed E-state index contributed by atoms with van der Waals surface area (Å²) in [6.07, 6.45) is 5.95. The molecule has 3 aromatic rings. The lowest BCUT2D eigenvalue weighted by Gasteiger charge is -2.23. The fraction of sp³-hybridized carbons (Fsp3) is 0.318. The number of carboxylic acids is 1. The van der Waals surface area contributed by atoms with Gasteiger partial charge in [-0.05, 0) is 46.9 Å². The van der Waals surface area contributed by atoms with Gasteiger partial charge in [-0.2, -0.15) is 0 Å². The largest absolute Gasteiger partial charge is 0.477 e. The van der Waals surface area contributed by atoms with Crippen molar-refractivity contribution < 1.29 is 9.90 Å². The van der Waals surface area contributed by atoms with Crippen molar-refractivity contribution >= 4 is 16.7 Å². The maximum Gasteiger partial charge on any atom is 0.352 e. The Balaban J connectivity index is 2.21. The second kappa shape index (κ2) is 7.56. The highest BCUT2D eigenvalue weighted by Crippen LogP contribution is 2.33. The molecule has 25 heavy (non-hydrogen) atoms. The summed E-state index contributed by atoms with van der Waals surface area (Å²) >= 11 is 0. The number of hydrogen-bond donors (Lipinski definition) is 1. The molecule has 0 aliphatic rings. The third-order valence-electron chi connectivity index (χ3n) is 4.89. The first-order chi connectivity index (χ1) is 12.2. The average Bonchev–Trinajstić information content (AvgIpc) is 3.11. The number of fused-ring (bicyclic) bond motifs is 1. The van der Waals surface area contributed by atoms with Crippen LogP contribution in [0.5, 0.6) is 0 Å². The van der Waals surface area contributed by atoms with E-state index in [2.05, 4.69) is 50.2 Å². The van der Waals surface area contributed by atoms with E-state index in [-0.39, 0.29) is 6.04 Å². The van der Waals surface area contributed by atoms with Crippen molar-refractivity contribution in [3.8, 4) is 0 Å². The normalized spacial score (nSPS) is 12.4. The number of aryl methyl sites for hydroxylation is 1. The van der Waals surface area contributed by atoms with E-state index in [0.717, 1.165) is 25.7 Å². The minimum Gasteiger partial charge on any atom is -0.477 e. The first-order valence-corrected chi connectivity index (χ1v) is 9.07. The predicted octanol–water partition coefficient (Wildman–Crippen LogP) is 5.68. The van der Waals surface area contributed by atoms with Gasteiger partial charge in [0.25, 0.3) is 0 Å². The number of rotatable bonds is 7. The summed E-state index contributed by atoms with van der Waals surface area (Å²) in [4.78, 5) is 11.7. The van der Waals surface area contributed by atoms with Crippen molar-refractivity contribution in [3.05, 3.63) is 71.5 Å². The van der Waals surface area contributed by atoms with E-state index in [1.165, 1.54) is 21.9 Å². The lowest BCUT2D eigenvalue weighted by atomic mass is 9.92. The first kappa shape index (κ1) is 17.3. The quantitative estimate of drug-likeness (QED) is 0.603. The van der Waals surface area contributed by atoms with Gasteiger partial charge in [-0.25, -0.2) is 4.79 Å². The Morgan fingerprint density at radius 2 is 1.92 bits per heavy atom. The molecule has 0 bridgehead atoms. The third kappa shape index (κ3) is 3.46. The number of benzene rings is 2. The highest BCUT2D eigenvalue weighted by atomic mass is 16.4. The van der Waals surface area contributed by atoms with Gasteiger partial charge in [-0.15, -0.1) is 0 Å². The molecule has 0 radical (unpaired) electrons. The van der Waals surface area contributed by atoms with Crippen molar-refractivity contribution in [1.29, 1.82) is 0 Å². The molecule has 1 unspecified atom stereocenters. The zero-order valence-corrected chi connectivity index (χ0v) is 14.9. The van der Waals surface area contributed by atoms with Gasteiger partial charge in [0.05, 0.1) is 6.04 Å². The monoisotopic (exact) mass is 335 g/mol. The first-order valence-electron chi connectivity index (χ1n) is 9.07. The van der Waals surface area contributed by atoms with Gasteiger partial charge in [0.1, 0.15) is 5.69 Å². The lowest BCUT2D eigenvalue weighted by Crippen LogP contribution is -2.16. The molecule has 0 amide bonds. The van der Waals surface area contributed by atoms with Crippen LogP contribution in [-0.4, -0.2) is 15.6 Å². The van der Waals surface area contributed by atoms with Crippen molar-refractivity contribution in [3.63, 3.8) is 0 Å². The van der Waals surface area contributed by atoms with E-state index in [9.17, 15) is 9.90 Å². The summed E-state index contributed by atoms with van der Waals surface area (Å²) in [6, 6.07) is 16.5. The Labute approximate surface area is 148 Å². The van der Waals surface area contributed by atoms with Gasteiger partial charge in [-0.3, -0.25) is 0 Å². The number of carbonyl (C=O) groups is 1. The van der Waals surface area contributed by atoms with Gasteiger partial charge in [-0.1, -0.05) is 63.1 Å². The summed E-state index contributed by atoms with van der Waals surface area (Å²) < 4.78 is 1.93. The zero-order valence-electron chi connectivity index (χ0n) is 14.9. The molecule has 0 saturated carbocycles. The molecule has 1 N–H and O–H groups in total. The minimum atomic E-state index is -0.873. The van der Waals surface area contributed by atoms with Gasteiger partial charge in [0, 0.05) is 6.20 Å². The number of unbranched alkanes of at least 4 members (excludes halogenated alkanes) is 1. The summed E-state index contributed by atoms with van der Waals surface area (Å²) in [5, 5.41) is 12.0. The molecule has 3 nitrogen and oxygen atoms in total. The smallest absolute Gasteiger partial charge is 0.352 e. The Bertz CT molecular complexity index is 879. The molecule has 1 atom stereocenters. The van der Waals surface area contributed by atoms with Gasteiger partial charge in [0.2, 0.25) is 0 Å². The molecule has 3 heteroatoms. The van der Waals surface area contributed by atoms with Crippen molar-refractivity contribution in [2.75, 3.05) is 0 Å². The number of carboxylic acid groups (broad SMARTS) is 1. The number of aromatic carboxylic acids is 1. The van der Waals surface area contributed by atoms with E-state index in [1.54, 1.807) is 6.07 Å². The number of aromatic nitrogens is 1. The molecule has 2 aromatic carbocycles. The van der Waals surface area contributed by atoms with Crippen molar-refractivity contribution in [2.24, 2.45) is 0 Å². The van der Waals surface area contributed by atoms with Crippen LogP contribution < -0.4 is 0 Å². The van der Waals surface area contributed by atoms with E-state index < -0.39 is 5.97 Å². The lowest BCUT2D eigenvalue weighted by molar-refractivity contribution is 0.0683. The van der Waals surface area contributed by atoms with E-state index in [4.69, 9.17) is 0 Å². The van der Waals surface area contributed by atoms with E-state index in [1.807, 2.05) is 16.8 Å². The van der Waals surface area contributed by atoms with Crippen LogP contribution in [0.2, 0.25) is 0 Å². The summed E-state index contributed by atoms with van der Waals surface area (Å²) in [5.41, 5.74) is 2.87. The molecule has 0 aliphatic heterocycles. The second-order valence-electron chi connectivity index (χ2n) is 6.52. The Kier molecular flexibility index (Phi) is 5.22. The summed E-state index contributed by atoms with van der Waals surface area (Å²) in [5.74, 6) is -0.873. The second-order valence-corrected chi connectivity index (χ2v) is 6.52. The Morgan fingerprint density at radius 1 is 1.12 bits per heavy atom. The topological polar surface area (TPSA) is 42.2 Å². The molecule has 3 rings (SSSR count). The summed E-state index contributed by atoms with van der Waals surface area (Å²) in [6.45, 7) is 4.33. The van der Waals surface area contributed by atoms with E-state index >= 15 is 0 Å². The molecule has 0 spiro atoms. The Hall–Kier alpha value is -2.55. The van der Waals surface area contributed by atoms with Crippen LogP contribution in [0, 0.1) is 0 Å². The standard InChI is InChI=1S/C22H25NO2/c1-3-5-11-20(23-13-8-12-21(23)22(24)25)19-15-16(4-2)14-17-9-6-7-10-18(17)19/h6-10,12-15,20H,3-5,11H2,1-2H3,(H,24,25). The SMILES string of the molecule is CCCCC(c1cc(CC)cc2ccccc12)n1cccc1C(=O)O. The highest BCUT2D eigenvalue weighted by molar-refractivity contribution is 5.88. The predicted molar refractivity (Wildman–Crippen MR) is 102 cm³/mol. The molecular weight excluding hydrogens is 310 g/mol. The molecule has 1 aromatic heterocycles. The maximum absolute atomic E-state index is 11.7. The zero-order chi connectivity index (χ0) is 17.8. The van der Waals surface area contributed by atoms with Crippen LogP contribution in [0.3, 0.4) is 0 Å². The van der Waals surface area contributed by atoms with Crippen LogP contribution >= 0.6 is 0 Å². The molecular formula is C22H25NO2. The van der Waals surface area contributed by atoms with Gasteiger partial charge < -0.3 is 9.67 Å². The van der Waals surface area contributed by atoms with Crippen LogP contribution in [0.15, 0.2) is 54.7 Å². The molecule has 1 heterocycles. The summed E-state index contributed by atoms with van der Waals surface area (Å²) in [7, 11) is 0. The van der Waals surface area contributed by atoms with Crippen LogP contribution in [0.25, 0.3) is 10.8 Å². The highest BCUT2D eigenvalue weighted by Gasteiger charge is 2.21. The minimum absolute atomic E-state index is 0.0393. The fourth-order valence-corrected chi connectivity index (χ4v) is 3.57. The molecule has 0 fully saturated rings. The molecule has 0 saturated heterocycles. The van der Waals surface area contributed by atoms with Crippen LogP contribution in [-0.2, 0) is 6.42 Å². The number of hydrogen-bond acceptors (Lipinski definition) is 1. The van der Waals surface area contributed by atoms with Gasteiger partial charge >= 0.3 is 5.97 Å².